The Kier molecular flexibility index (Phi) is 5.26. The zero-order chi connectivity index (χ0) is 15.9. The number of allylic oxidation sites excluding steroid dienone is 2. The summed E-state index contributed by atoms with van der Waals surface area (Å²) >= 11 is 0. The van der Waals surface area contributed by atoms with Gasteiger partial charge in [-0.05, 0) is 36.4 Å². The minimum absolute atomic E-state index is 0.0277. The van der Waals surface area contributed by atoms with Crippen molar-refractivity contribution in [1.29, 1.82) is 0 Å². The molecule has 0 spiro atoms. The maximum atomic E-state index is 12.0. The van der Waals surface area contributed by atoms with Crippen molar-refractivity contribution in [3.8, 4) is 0 Å². The molecule has 0 radical (unpaired) electrons. The molecule has 0 fully saturated rings. The van der Waals surface area contributed by atoms with Gasteiger partial charge in [0.2, 0.25) is 0 Å². The predicted octanol–water partition coefficient (Wildman–Crippen LogP) is 3.91. The summed E-state index contributed by atoms with van der Waals surface area (Å²) in [5.41, 5.74) is 2.50. The second-order valence-electron chi connectivity index (χ2n) is 4.96. The highest BCUT2D eigenvalue weighted by molar-refractivity contribution is 6.06. The summed E-state index contributed by atoms with van der Waals surface area (Å²) in [6.07, 6.45) is 7.23. The first-order chi connectivity index (χ1) is 10.6. The van der Waals surface area contributed by atoms with Crippen molar-refractivity contribution >= 4 is 23.7 Å². The molecule has 1 aromatic heterocycles. The van der Waals surface area contributed by atoms with Gasteiger partial charge in [-0.2, -0.15) is 0 Å². The van der Waals surface area contributed by atoms with E-state index in [9.17, 15) is 9.59 Å². The Balaban J connectivity index is 2.13. The highest BCUT2D eigenvalue weighted by Crippen LogP contribution is 2.12. The smallest absolute Gasteiger partial charge is 0.185 e. The summed E-state index contributed by atoms with van der Waals surface area (Å²) in [5.74, 6) is 0.0672. The Bertz CT molecular complexity index is 721. The first kappa shape index (κ1) is 15.7. The molecule has 0 unspecified atom stereocenters. The number of ketones is 2. The lowest BCUT2D eigenvalue weighted by atomic mass is 10.1. The first-order valence-electron chi connectivity index (χ1n) is 7.26. The van der Waals surface area contributed by atoms with Crippen molar-refractivity contribution in [3.63, 3.8) is 0 Å². The van der Waals surface area contributed by atoms with Crippen molar-refractivity contribution in [3.05, 3.63) is 71.6 Å². The van der Waals surface area contributed by atoms with Crippen LogP contribution in [0.25, 0.3) is 12.2 Å². The topological polar surface area (TPSA) is 39.1 Å². The van der Waals surface area contributed by atoms with Gasteiger partial charge in [-0.15, -0.1) is 0 Å². The van der Waals surface area contributed by atoms with Gasteiger partial charge in [0.25, 0.3) is 0 Å². The van der Waals surface area contributed by atoms with Crippen LogP contribution in [-0.2, 0) is 11.8 Å². The number of hydrogen-bond acceptors (Lipinski definition) is 2. The van der Waals surface area contributed by atoms with Gasteiger partial charge >= 0.3 is 0 Å². The van der Waals surface area contributed by atoms with Crippen molar-refractivity contribution < 1.29 is 9.59 Å². The third kappa shape index (κ3) is 3.92. The second kappa shape index (κ2) is 7.36. The van der Waals surface area contributed by atoms with Crippen LogP contribution in [0.15, 0.2) is 54.6 Å². The van der Waals surface area contributed by atoms with E-state index in [0.29, 0.717) is 12.0 Å². The van der Waals surface area contributed by atoms with Crippen LogP contribution in [0.1, 0.15) is 35.1 Å². The van der Waals surface area contributed by atoms with E-state index in [2.05, 4.69) is 0 Å². The number of nitrogens with zero attached hydrogens (tertiary/aromatic N) is 1. The highest BCUT2D eigenvalue weighted by Gasteiger charge is 2.03. The zero-order valence-electron chi connectivity index (χ0n) is 12.8. The van der Waals surface area contributed by atoms with Gasteiger partial charge in [0.05, 0.1) is 0 Å². The van der Waals surface area contributed by atoms with Crippen LogP contribution >= 0.6 is 0 Å². The van der Waals surface area contributed by atoms with E-state index in [0.717, 1.165) is 11.4 Å². The average Bonchev–Trinajstić information content (AvgIpc) is 2.91. The van der Waals surface area contributed by atoms with Crippen molar-refractivity contribution in [2.45, 2.75) is 13.3 Å². The van der Waals surface area contributed by atoms with Gasteiger partial charge < -0.3 is 4.57 Å². The minimum Gasteiger partial charge on any atom is -0.345 e. The molecule has 3 heteroatoms. The standard InChI is InChI=1S/C19H19NO2/c1-3-18(21)13-11-16-9-10-17(20(16)2)12-14-19(22)15-7-5-4-6-8-15/h4-14H,3H2,1-2H3/b13-11+,14-12+. The molecule has 22 heavy (non-hydrogen) atoms. The van der Waals surface area contributed by atoms with E-state index >= 15 is 0 Å². The van der Waals surface area contributed by atoms with Crippen LogP contribution in [0.5, 0.6) is 0 Å². The molecule has 0 saturated carbocycles. The van der Waals surface area contributed by atoms with Gasteiger partial charge in [-0.3, -0.25) is 9.59 Å². The van der Waals surface area contributed by atoms with Crippen molar-refractivity contribution in [2.75, 3.05) is 0 Å². The maximum absolute atomic E-state index is 12.0. The van der Waals surface area contributed by atoms with Crippen molar-refractivity contribution in [2.24, 2.45) is 7.05 Å². The lowest BCUT2D eigenvalue weighted by Crippen LogP contribution is -1.96. The lowest BCUT2D eigenvalue weighted by Gasteiger charge is -2.01. The molecule has 2 aromatic rings. The van der Waals surface area contributed by atoms with E-state index < -0.39 is 0 Å². The molecule has 0 aliphatic rings. The summed E-state index contributed by atoms with van der Waals surface area (Å²) < 4.78 is 1.94. The normalized spacial score (nSPS) is 11.4. The summed E-state index contributed by atoms with van der Waals surface area (Å²) in [5, 5.41) is 0. The summed E-state index contributed by atoms with van der Waals surface area (Å²) in [6.45, 7) is 1.83. The first-order valence-corrected chi connectivity index (χ1v) is 7.26. The number of carbonyl (C=O) groups is 2. The molecule has 0 amide bonds. The fraction of sp³-hybridized carbons (Fsp3) is 0.158. The highest BCUT2D eigenvalue weighted by atomic mass is 16.1. The zero-order valence-corrected chi connectivity index (χ0v) is 12.8. The molecule has 0 aliphatic heterocycles. The van der Waals surface area contributed by atoms with Crippen LogP contribution in [0.4, 0.5) is 0 Å². The molecule has 3 nitrogen and oxygen atoms in total. The lowest BCUT2D eigenvalue weighted by molar-refractivity contribution is -0.114. The molecular formula is C19H19NO2. The Morgan fingerprint density at radius 3 is 2.14 bits per heavy atom. The van der Waals surface area contributed by atoms with Gasteiger partial charge in [0.1, 0.15) is 0 Å². The summed E-state index contributed by atoms with van der Waals surface area (Å²) in [4.78, 5) is 23.4. The van der Waals surface area contributed by atoms with E-state index in [4.69, 9.17) is 0 Å². The number of carbonyl (C=O) groups excluding carboxylic acids is 2. The Morgan fingerprint density at radius 1 is 0.955 bits per heavy atom. The van der Waals surface area contributed by atoms with Crippen molar-refractivity contribution in [1.82, 2.24) is 4.57 Å². The van der Waals surface area contributed by atoms with E-state index in [1.807, 2.05) is 48.9 Å². The van der Waals surface area contributed by atoms with Gasteiger partial charge in [0.15, 0.2) is 11.6 Å². The molecule has 112 valence electrons. The van der Waals surface area contributed by atoms with Crippen LogP contribution < -0.4 is 0 Å². The largest absolute Gasteiger partial charge is 0.345 e. The SMILES string of the molecule is CCC(=O)/C=C/c1ccc(/C=C/C(=O)c2ccccc2)n1C. The third-order valence-corrected chi connectivity index (χ3v) is 3.45. The Labute approximate surface area is 130 Å². The van der Waals surface area contributed by atoms with E-state index in [1.54, 1.807) is 36.4 Å². The van der Waals surface area contributed by atoms with Crippen LogP contribution in [-0.4, -0.2) is 16.1 Å². The molecular weight excluding hydrogens is 274 g/mol. The number of rotatable bonds is 6. The Hall–Kier alpha value is -2.68. The molecule has 0 aliphatic carbocycles. The van der Waals surface area contributed by atoms with Crippen LogP contribution in [0, 0.1) is 0 Å². The Morgan fingerprint density at radius 2 is 1.55 bits per heavy atom. The number of benzene rings is 1. The molecule has 0 bridgehead atoms. The van der Waals surface area contributed by atoms with Crippen LogP contribution in [0.2, 0.25) is 0 Å². The molecule has 2 rings (SSSR count). The molecule has 0 atom stereocenters. The fourth-order valence-electron chi connectivity index (χ4n) is 2.03. The minimum atomic E-state index is -0.0277. The maximum Gasteiger partial charge on any atom is 0.185 e. The summed E-state index contributed by atoms with van der Waals surface area (Å²) in [6, 6.07) is 13.0. The van der Waals surface area contributed by atoms with E-state index in [1.165, 1.54) is 0 Å². The molecule has 0 N–H and O–H groups in total. The second-order valence-corrected chi connectivity index (χ2v) is 4.96. The third-order valence-electron chi connectivity index (χ3n) is 3.45. The number of hydrogen-bond donors (Lipinski definition) is 0. The average molecular weight is 293 g/mol. The van der Waals surface area contributed by atoms with Gasteiger partial charge in [-0.25, -0.2) is 0 Å². The fourth-order valence-corrected chi connectivity index (χ4v) is 2.03. The van der Waals surface area contributed by atoms with Gasteiger partial charge in [-0.1, -0.05) is 37.3 Å². The van der Waals surface area contributed by atoms with Crippen LogP contribution in [0.3, 0.4) is 0 Å². The monoisotopic (exact) mass is 293 g/mol. The molecule has 1 aromatic carbocycles. The predicted molar refractivity (Wildman–Crippen MR) is 89.6 cm³/mol. The summed E-state index contributed by atoms with van der Waals surface area (Å²) in [7, 11) is 1.91. The van der Waals surface area contributed by atoms with E-state index in [-0.39, 0.29) is 11.6 Å². The number of aromatic nitrogens is 1. The van der Waals surface area contributed by atoms with Gasteiger partial charge in [0, 0.05) is 30.4 Å². The quantitative estimate of drug-likeness (QED) is 0.598. The molecule has 0 saturated heterocycles. The molecule has 1 heterocycles.